The van der Waals surface area contributed by atoms with Crippen LogP contribution in [-0.4, -0.2) is 16.9 Å². The van der Waals surface area contributed by atoms with Gasteiger partial charge < -0.3 is 10.5 Å². The Kier molecular flexibility index (Phi) is 3.44. The molecule has 0 aliphatic rings. The average Bonchev–Trinajstić information content (AvgIpc) is 2.77. The molecule has 1 heterocycles. The molecular formula is C13H17N3O. The Labute approximate surface area is 101 Å². The van der Waals surface area contributed by atoms with Gasteiger partial charge in [0.1, 0.15) is 5.75 Å². The Morgan fingerprint density at radius 3 is 2.82 bits per heavy atom. The predicted molar refractivity (Wildman–Crippen MR) is 66.8 cm³/mol. The van der Waals surface area contributed by atoms with Crippen LogP contribution in [-0.2, 0) is 13.5 Å². The summed E-state index contributed by atoms with van der Waals surface area (Å²) >= 11 is 0. The number of nitrogens with two attached hydrogens (primary N) is 1. The fourth-order valence-electron chi connectivity index (χ4n) is 1.86. The highest BCUT2D eigenvalue weighted by Gasteiger charge is 2.11. The SMILES string of the molecule is COc1ccccc1CC(N)c1cnn(C)c1. The first-order chi connectivity index (χ1) is 8.20. The molecule has 17 heavy (non-hydrogen) atoms. The normalized spacial score (nSPS) is 12.4. The van der Waals surface area contributed by atoms with E-state index in [1.165, 1.54) is 0 Å². The van der Waals surface area contributed by atoms with Crippen molar-refractivity contribution in [1.82, 2.24) is 9.78 Å². The Bertz CT molecular complexity index is 493. The molecule has 4 heteroatoms. The van der Waals surface area contributed by atoms with E-state index in [4.69, 9.17) is 10.5 Å². The predicted octanol–water partition coefficient (Wildman–Crippen LogP) is 1.67. The van der Waals surface area contributed by atoms with E-state index in [1.54, 1.807) is 18.0 Å². The van der Waals surface area contributed by atoms with Gasteiger partial charge in [-0.25, -0.2) is 0 Å². The summed E-state index contributed by atoms with van der Waals surface area (Å²) in [6, 6.07) is 7.88. The van der Waals surface area contributed by atoms with Gasteiger partial charge in [-0.15, -0.1) is 0 Å². The van der Waals surface area contributed by atoms with Crippen LogP contribution in [0.4, 0.5) is 0 Å². The number of nitrogens with zero attached hydrogens (tertiary/aromatic N) is 2. The molecule has 0 amide bonds. The van der Waals surface area contributed by atoms with Crippen LogP contribution in [0.2, 0.25) is 0 Å². The number of aryl methyl sites for hydroxylation is 1. The number of aromatic nitrogens is 2. The van der Waals surface area contributed by atoms with Crippen LogP contribution in [0.1, 0.15) is 17.2 Å². The summed E-state index contributed by atoms with van der Waals surface area (Å²) in [7, 11) is 3.56. The second-order valence-electron chi connectivity index (χ2n) is 4.07. The van der Waals surface area contributed by atoms with Crippen molar-refractivity contribution in [3.8, 4) is 5.75 Å². The van der Waals surface area contributed by atoms with Gasteiger partial charge in [-0.3, -0.25) is 4.68 Å². The van der Waals surface area contributed by atoms with Gasteiger partial charge in [0, 0.05) is 24.8 Å². The van der Waals surface area contributed by atoms with E-state index >= 15 is 0 Å². The summed E-state index contributed by atoms with van der Waals surface area (Å²) in [4.78, 5) is 0. The van der Waals surface area contributed by atoms with Crippen molar-refractivity contribution in [2.24, 2.45) is 12.8 Å². The van der Waals surface area contributed by atoms with Crippen LogP contribution < -0.4 is 10.5 Å². The smallest absolute Gasteiger partial charge is 0.122 e. The Hall–Kier alpha value is -1.81. The van der Waals surface area contributed by atoms with Gasteiger partial charge in [-0.1, -0.05) is 18.2 Å². The molecule has 0 fully saturated rings. The standard InChI is InChI=1S/C13H17N3O/c1-16-9-11(8-15-16)12(14)7-10-5-3-4-6-13(10)17-2/h3-6,8-9,12H,7,14H2,1-2H3. The van der Waals surface area contributed by atoms with Gasteiger partial charge in [0.05, 0.1) is 13.3 Å². The number of hydrogen-bond donors (Lipinski definition) is 1. The molecule has 0 saturated carbocycles. The van der Waals surface area contributed by atoms with Crippen LogP contribution >= 0.6 is 0 Å². The van der Waals surface area contributed by atoms with E-state index in [1.807, 2.05) is 37.5 Å². The summed E-state index contributed by atoms with van der Waals surface area (Å²) < 4.78 is 7.07. The highest BCUT2D eigenvalue weighted by molar-refractivity contribution is 5.34. The average molecular weight is 231 g/mol. The molecular weight excluding hydrogens is 214 g/mol. The van der Waals surface area contributed by atoms with E-state index in [-0.39, 0.29) is 6.04 Å². The maximum absolute atomic E-state index is 6.16. The number of hydrogen-bond acceptors (Lipinski definition) is 3. The Morgan fingerprint density at radius 1 is 1.41 bits per heavy atom. The van der Waals surface area contributed by atoms with Crippen molar-refractivity contribution in [2.45, 2.75) is 12.5 Å². The molecule has 90 valence electrons. The van der Waals surface area contributed by atoms with Crippen molar-refractivity contribution >= 4 is 0 Å². The topological polar surface area (TPSA) is 53.1 Å². The van der Waals surface area contributed by atoms with Gasteiger partial charge in [0.15, 0.2) is 0 Å². The zero-order valence-electron chi connectivity index (χ0n) is 10.1. The Morgan fingerprint density at radius 2 is 2.18 bits per heavy atom. The second-order valence-corrected chi connectivity index (χ2v) is 4.07. The fraction of sp³-hybridized carbons (Fsp3) is 0.308. The molecule has 0 aliphatic carbocycles. The summed E-state index contributed by atoms with van der Waals surface area (Å²) in [5.74, 6) is 0.881. The van der Waals surface area contributed by atoms with E-state index in [9.17, 15) is 0 Å². The molecule has 2 rings (SSSR count). The highest BCUT2D eigenvalue weighted by atomic mass is 16.5. The fourth-order valence-corrected chi connectivity index (χ4v) is 1.86. The van der Waals surface area contributed by atoms with Gasteiger partial charge in [0.2, 0.25) is 0 Å². The van der Waals surface area contributed by atoms with Crippen LogP contribution in [0, 0.1) is 0 Å². The lowest BCUT2D eigenvalue weighted by Gasteiger charge is -2.12. The molecule has 2 N–H and O–H groups in total. The first kappa shape index (κ1) is 11.7. The molecule has 2 aromatic rings. The number of benzene rings is 1. The molecule has 0 bridgehead atoms. The number of ether oxygens (including phenoxy) is 1. The maximum Gasteiger partial charge on any atom is 0.122 e. The minimum absolute atomic E-state index is 0.0556. The third-order valence-electron chi connectivity index (χ3n) is 2.79. The van der Waals surface area contributed by atoms with Gasteiger partial charge >= 0.3 is 0 Å². The molecule has 0 radical (unpaired) electrons. The molecule has 1 atom stereocenters. The van der Waals surface area contributed by atoms with Crippen molar-refractivity contribution in [2.75, 3.05) is 7.11 Å². The lowest BCUT2D eigenvalue weighted by atomic mass is 10.0. The summed E-state index contributed by atoms with van der Waals surface area (Å²) in [5.41, 5.74) is 8.31. The summed E-state index contributed by atoms with van der Waals surface area (Å²) in [6.07, 6.45) is 4.50. The third-order valence-corrected chi connectivity index (χ3v) is 2.79. The van der Waals surface area contributed by atoms with Gasteiger partial charge in [0.25, 0.3) is 0 Å². The monoisotopic (exact) mass is 231 g/mol. The first-order valence-electron chi connectivity index (χ1n) is 5.56. The van der Waals surface area contributed by atoms with E-state index in [2.05, 4.69) is 5.10 Å². The van der Waals surface area contributed by atoms with E-state index in [0.29, 0.717) is 0 Å². The van der Waals surface area contributed by atoms with Crippen molar-refractivity contribution in [3.05, 3.63) is 47.8 Å². The largest absolute Gasteiger partial charge is 0.496 e. The molecule has 0 saturated heterocycles. The highest BCUT2D eigenvalue weighted by Crippen LogP contribution is 2.23. The first-order valence-corrected chi connectivity index (χ1v) is 5.56. The number of rotatable bonds is 4. The zero-order valence-corrected chi connectivity index (χ0v) is 10.1. The molecule has 0 aliphatic heterocycles. The van der Waals surface area contributed by atoms with Crippen molar-refractivity contribution in [1.29, 1.82) is 0 Å². The van der Waals surface area contributed by atoms with Gasteiger partial charge in [-0.2, -0.15) is 5.10 Å². The van der Waals surface area contributed by atoms with Crippen LogP contribution in [0.15, 0.2) is 36.7 Å². The summed E-state index contributed by atoms with van der Waals surface area (Å²) in [6.45, 7) is 0. The summed E-state index contributed by atoms with van der Waals surface area (Å²) in [5, 5.41) is 4.13. The lowest BCUT2D eigenvalue weighted by molar-refractivity contribution is 0.408. The number of methoxy groups -OCH3 is 1. The molecule has 0 spiro atoms. The van der Waals surface area contributed by atoms with Crippen LogP contribution in [0.25, 0.3) is 0 Å². The molecule has 4 nitrogen and oxygen atoms in total. The molecule has 1 unspecified atom stereocenters. The minimum atomic E-state index is -0.0556. The molecule has 1 aromatic carbocycles. The van der Waals surface area contributed by atoms with Gasteiger partial charge in [-0.05, 0) is 18.1 Å². The van der Waals surface area contributed by atoms with Crippen LogP contribution in [0.5, 0.6) is 5.75 Å². The van der Waals surface area contributed by atoms with E-state index in [0.717, 1.165) is 23.3 Å². The second kappa shape index (κ2) is 5.01. The zero-order chi connectivity index (χ0) is 12.3. The van der Waals surface area contributed by atoms with Crippen LogP contribution in [0.3, 0.4) is 0 Å². The Balaban J connectivity index is 2.15. The molecule has 1 aromatic heterocycles. The third kappa shape index (κ3) is 2.65. The van der Waals surface area contributed by atoms with E-state index < -0.39 is 0 Å². The van der Waals surface area contributed by atoms with Crippen molar-refractivity contribution in [3.63, 3.8) is 0 Å². The minimum Gasteiger partial charge on any atom is -0.496 e. The quantitative estimate of drug-likeness (QED) is 0.870. The maximum atomic E-state index is 6.16. The lowest BCUT2D eigenvalue weighted by Crippen LogP contribution is -2.13. The van der Waals surface area contributed by atoms with Crippen molar-refractivity contribution < 1.29 is 4.74 Å². The number of para-hydroxylation sites is 1.